The third-order valence-electron chi connectivity index (χ3n) is 5.25. The fourth-order valence-corrected chi connectivity index (χ4v) is 3.41. The van der Waals surface area contributed by atoms with Gasteiger partial charge in [0, 0.05) is 16.9 Å². The third kappa shape index (κ3) is 5.95. The van der Waals surface area contributed by atoms with Crippen LogP contribution in [0.2, 0.25) is 0 Å². The maximum Gasteiger partial charge on any atom is 0.251 e. The molecule has 160 valence electrons. The lowest BCUT2D eigenvalue weighted by Gasteiger charge is -2.15. The van der Waals surface area contributed by atoms with Gasteiger partial charge >= 0.3 is 0 Å². The van der Waals surface area contributed by atoms with Crippen molar-refractivity contribution >= 4 is 23.2 Å². The molecule has 0 aromatic heterocycles. The maximum absolute atomic E-state index is 12.5. The highest BCUT2D eigenvalue weighted by Crippen LogP contribution is 2.21. The highest BCUT2D eigenvalue weighted by Gasteiger charge is 2.12. The van der Waals surface area contributed by atoms with Gasteiger partial charge in [0.2, 0.25) is 5.91 Å². The second-order valence-corrected chi connectivity index (χ2v) is 7.55. The topological polar surface area (TPSA) is 70.2 Å². The largest absolute Gasteiger partial charge is 0.376 e. The van der Waals surface area contributed by atoms with Crippen LogP contribution in [-0.2, 0) is 11.2 Å². The SMILES string of the molecule is CCc1cccc(C)c1NC(=O)CNc1ccc(C(=O)NC(C)c2ccccc2)cc1. The fourth-order valence-electron chi connectivity index (χ4n) is 3.41. The van der Waals surface area contributed by atoms with Gasteiger partial charge in [-0.05, 0) is 61.2 Å². The van der Waals surface area contributed by atoms with Crippen LogP contribution >= 0.6 is 0 Å². The van der Waals surface area contributed by atoms with Crippen molar-refractivity contribution in [2.45, 2.75) is 33.2 Å². The summed E-state index contributed by atoms with van der Waals surface area (Å²) < 4.78 is 0. The highest BCUT2D eigenvalue weighted by atomic mass is 16.2. The number of carbonyl (C=O) groups is 2. The Labute approximate surface area is 183 Å². The quantitative estimate of drug-likeness (QED) is 0.479. The summed E-state index contributed by atoms with van der Waals surface area (Å²) in [5.74, 6) is -0.241. The van der Waals surface area contributed by atoms with Crippen molar-refractivity contribution in [3.05, 3.63) is 95.1 Å². The zero-order valence-corrected chi connectivity index (χ0v) is 18.2. The first-order chi connectivity index (χ1) is 15.0. The summed E-state index contributed by atoms with van der Waals surface area (Å²) in [6.45, 7) is 6.17. The van der Waals surface area contributed by atoms with Crippen LogP contribution in [0.5, 0.6) is 0 Å². The lowest BCUT2D eigenvalue weighted by Crippen LogP contribution is -2.26. The van der Waals surface area contributed by atoms with Crippen LogP contribution in [0.3, 0.4) is 0 Å². The summed E-state index contributed by atoms with van der Waals surface area (Å²) in [5.41, 5.74) is 5.46. The van der Waals surface area contributed by atoms with Crippen molar-refractivity contribution in [3.8, 4) is 0 Å². The van der Waals surface area contributed by atoms with Gasteiger partial charge in [-0.15, -0.1) is 0 Å². The number of hydrogen-bond acceptors (Lipinski definition) is 3. The Bertz CT molecular complexity index is 1030. The molecule has 3 rings (SSSR count). The standard InChI is InChI=1S/C26H29N3O2/c1-4-20-12-8-9-18(2)25(20)29-24(30)17-27-23-15-13-22(14-16-23)26(31)28-19(3)21-10-6-5-7-11-21/h5-16,19,27H,4,17H2,1-3H3,(H,28,31)(H,29,30). The van der Waals surface area contributed by atoms with E-state index >= 15 is 0 Å². The van der Waals surface area contributed by atoms with Crippen molar-refractivity contribution < 1.29 is 9.59 Å². The number of rotatable bonds is 8. The Morgan fingerprint density at radius 1 is 0.903 bits per heavy atom. The van der Waals surface area contributed by atoms with Crippen LogP contribution in [0.1, 0.15) is 46.9 Å². The molecule has 3 aromatic carbocycles. The van der Waals surface area contributed by atoms with Gasteiger partial charge < -0.3 is 16.0 Å². The van der Waals surface area contributed by atoms with E-state index in [-0.39, 0.29) is 24.4 Å². The molecule has 5 heteroatoms. The monoisotopic (exact) mass is 415 g/mol. The van der Waals surface area contributed by atoms with Gasteiger partial charge in [-0.25, -0.2) is 0 Å². The van der Waals surface area contributed by atoms with Crippen LogP contribution in [-0.4, -0.2) is 18.4 Å². The normalized spacial score (nSPS) is 11.5. The maximum atomic E-state index is 12.5. The number of nitrogens with one attached hydrogen (secondary N) is 3. The summed E-state index contributed by atoms with van der Waals surface area (Å²) in [6, 6.07) is 22.9. The lowest BCUT2D eigenvalue weighted by molar-refractivity contribution is -0.114. The Morgan fingerprint density at radius 3 is 2.29 bits per heavy atom. The number of hydrogen-bond donors (Lipinski definition) is 3. The van der Waals surface area contributed by atoms with Crippen molar-refractivity contribution in [2.75, 3.05) is 17.2 Å². The molecule has 0 saturated carbocycles. The van der Waals surface area contributed by atoms with Crippen LogP contribution in [0.15, 0.2) is 72.8 Å². The minimum atomic E-state index is -0.132. The first-order valence-electron chi connectivity index (χ1n) is 10.6. The van der Waals surface area contributed by atoms with Crippen LogP contribution in [0.25, 0.3) is 0 Å². The molecule has 0 heterocycles. The second-order valence-electron chi connectivity index (χ2n) is 7.55. The first kappa shape index (κ1) is 22.1. The molecule has 0 spiro atoms. The van der Waals surface area contributed by atoms with Gasteiger partial charge in [0.05, 0.1) is 12.6 Å². The molecule has 0 aliphatic carbocycles. The smallest absolute Gasteiger partial charge is 0.251 e. The Hall–Kier alpha value is -3.60. The van der Waals surface area contributed by atoms with Crippen LogP contribution < -0.4 is 16.0 Å². The summed E-state index contributed by atoms with van der Waals surface area (Å²) in [5, 5.41) is 9.11. The third-order valence-corrected chi connectivity index (χ3v) is 5.25. The molecule has 2 amide bonds. The molecule has 31 heavy (non-hydrogen) atoms. The minimum Gasteiger partial charge on any atom is -0.376 e. The molecule has 0 saturated heterocycles. The number of carbonyl (C=O) groups excluding carboxylic acids is 2. The van der Waals surface area contributed by atoms with Crippen molar-refractivity contribution in [1.29, 1.82) is 0 Å². The average Bonchev–Trinajstić information content (AvgIpc) is 2.80. The second kappa shape index (κ2) is 10.4. The zero-order chi connectivity index (χ0) is 22.2. The number of para-hydroxylation sites is 1. The molecule has 0 fully saturated rings. The summed E-state index contributed by atoms with van der Waals surface area (Å²) in [4.78, 5) is 24.9. The number of aryl methyl sites for hydroxylation is 2. The van der Waals surface area contributed by atoms with E-state index in [0.717, 1.165) is 34.5 Å². The lowest BCUT2D eigenvalue weighted by atomic mass is 10.1. The van der Waals surface area contributed by atoms with Crippen molar-refractivity contribution in [2.24, 2.45) is 0 Å². The van der Waals surface area contributed by atoms with E-state index in [2.05, 4.69) is 22.9 Å². The van der Waals surface area contributed by atoms with Crippen LogP contribution in [0, 0.1) is 6.92 Å². The number of anilines is 2. The zero-order valence-electron chi connectivity index (χ0n) is 18.2. The van der Waals surface area contributed by atoms with E-state index in [4.69, 9.17) is 0 Å². The first-order valence-corrected chi connectivity index (χ1v) is 10.6. The molecule has 1 atom stereocenters. The number of benzene rings is 3. The molecule has 0 bridgehead atoms. The van der Waals surface area contributed by atoms with E-state index < -0.39 is 0 Å². The predicted molar refractivity (Wildman–Crippen MR) is 126 cm³/mol. The van der Waals surface area contributed by atoms with Gasteiger partial charge in [-0.1, -0.05) is 55.5 Å². The highest BCUT2D eigenvalue weighted by molar-refractivity contribution is 5.96. The van der Waals surface area contributed by atoms with Gasteiger partial charge in [0.1, 0.15) is 0 Å². The van der Waals surface area contributed by atoms with E-state index in [1.165, 1.54) is 0 Å². The van der Waals surface area contributed by atoms with E-state index in [1.807, 2.05) is 62.4 Å². The molecule has 3 aromatic rings. The van der Waals surface area contributed by atoms with Gasteiger partial charge in [-0.3, -0.25) is 9.59 Å². The molecular weight excluding hydrogens is 386 g/mol. The molecule has 0 aliphatic rings. The molecule has 5 nitrogen and oxygen atoms in total. The summed E-state index contributed by atoms with van der Waals surface area (Å²) >= 11 is 0. The van der Waals surface area contributed by atoms with Gasteiger partial charge in [0.15, 0.2) is 0 Å². The van der Waals surface area contributed by atoms with Crippen molar-refractivity contribution in [3.63, 3.8) is 0 Å². The van der Waals surface area contributed by atoms with Crippen LogP contribution in [0.4, 0.5) is 11.4 Å². The fraction of sp³-hybridized carbons (Fsp3) is 0.231. The minimum absolute atomic E-state index is 0.0790. The Balaban J connectivity index is 1.53. The number of amides is 2. The van der Waals surface area contributed by atoms with Gasteiger partial charge in [0.25, 0.3) is 5.91 Å². The molecule has 0 radical (unpaired) electrons. The predicted octanol–water partition coefficient (Wildman–Crippen LogP) is 5.10. The molecule has 0 aliphatic heterocycles. The molecule has 3 N–H and O–H groups in total. The van der Waals surface area contributed by atoms with Gasteiger partial charge in [-0.2, -0.15) is 0 Å². The molecular formula is C26H29N3O2. The molecule has 1 unspecified atom stereocenters. The van der Waals surface area contributed by atoms with Crippen molar-refractivity contribution in [1.82, 2.24) is 5.32 Å². The van der Waals surface area contributed by atoms with E-state index in [0.29, 0.717) is 5.56 Å². The van der Waals surface area contributed by atoms with E-state index in [1.54, 1.807) is 24.3 Å². The Morgan fingerprint density at radius 2 is 1.61 bits per heavy atom. The average molecular weight is 416 g/mol. The summed E-state index contributed by atoms with van der Waals surface area (Å²) in [6.07, 6.45) is 0.858. The summed E-state index contributed by atoms with van der Waals surface area (Å²) in [7, 11) is 0. The van der Waals surface area contributed by atoms with E-state index in [9.17, 15) is 9.59 Å². The Kier molecular flexibility index (Phi) is 7.44.